The van der Waals surface area contributed by atoms with Crippen molar-refractivity contribution >= 4 is 16.9 Å². The first kappa shape index (κ1) is 18.6. The highest BCUT2D eigenvalue weighted by molar-refractivity contribution is 5.80. The second-order valence-electron chi connectivity index (χ2n) is 9.81. The van der Waals surface area contributed by atoms with Crippen molar-refractivity contribution in [1.82, 2.24) is 14.5 Å². The van der Waals surface area contributed by atoms with E-state index >= 15 is 0 Å². The lowest BCUT2D eigenvalue weighted by Crippen LogP contribution is -2.56. The quantitative estimate of drug-likeness (QED) is 0.808. The van der Waals surface area contributed by atoms with Gasteiger partial charge in [0.15, 0.2) is 0 Å². The minimum absolute atomic E-state index is 0.0944. The summed E-state index contributed by atoms with van der Waals surface area (Å²) in [6.07, 6.45) is 7.76. The first-order valence-corrected chi connectivity index (χ1v) is 10.8. The van der Waals surface area contributed by atoms with Crippen LogP contribution in [0.1, 0.15) is 45.4 Å². The summed E-state index contributed by atoms with van der Waals surface area (Å²) in [6.45, 7) is 2.02. The van der Waals surface area contributed by atoms with Crippen molar-refractivity contribution in [2.45, 2.75) is 58.0 Å². The Morgan fingerprint density at radius 1 is 1.03 bits per heavy atom. The second-order valence-corrected chi connectivity index (χ2v) is 9.81. The van der Waals surface area contributed by atoms with Crippen molar-refractivity contribution in [3.8, 4) is 0 Å². The molecule has 4 aliphatic rings. The predicted molar refractivity (Wildman–Crippen MR) is 112 cm³/mol. The number of aromatic nitrogens is 2. The van der Waals surface area contributed by atoms with Gasteiger partial charge in [0, 0.05) is 13.1 Å². The van der Waals surface area contributed by atoms with Gasteiger partial charge in [-0.3, -0.25) is 19.0 Å². The molecule has 1 atom stereocenters. The lowest BCUT2D eigenvalue weighted by atomic mass is 9.48. The van der Waals surface area contributed by atoms with Gasteiger partial charge in [-0.1, -0.05) is 12.1 Å². The minimum atomic E-state index is -0.649. The van der Waals surface area contributed by atoms with Crippen LogP contribution in [-0.4, -0.2) is 21.1 Å². The number of carbonyl (C=O) groups is 1. The Bertz CT molecular complexity index is 1060. The van der Waals surface area contributed by atoms with E-state index in [4.69, 9.17) is 0 Å². The maximum atomic E-state index is 12.9. The summed E-state index contributed by atoms with van der Waals surface area (Å²) in [6, 6.07) is 7.32. The van der Waals surface area contributed by atoms with Gasteiger partial charge in [-0.25, -0.2) is 0 Å². The first-order chi connectivity index (χ1) is 13.9. The van der Waals surface area contributed by atoms with Crippen molar-refractivity contribution < 1.29 is 4.79 Å². The van der Waals surface area contributed by atoms with Crippen LogP contribution in [0.3, 0.4) is 0 Å². The van der Waals surface area contributed by atoms with Gasteiger partial charge in [-0.2, -0.15) is 0 Å². The number of hydrogen-bond donors (Lipinski definition) is 1. The normalized spacial score (nSPS) is 31.2. The molecular weight excluding hydrogens is 366 g/mol. The Kier molecular flexibility index (Phi) is 4.23. The molecule has 6 heteroatoms. The molecule has 154 valence electrons. The predicted octanol–water partition coefficient (Wildman–Crippen LogP) is 2.42. The summed E-state index contributed by atoms with van der Waals surface area (Å²) in [5.74, 6) is 2.28. The number of para-hydroxylation sites is 2. The van der Waals surface area contributed by atoms with Crippen LogP contribution in [0.5, 0.6) is 0 Å². The van der Waals surface area contributed by atoms with Crippen LogP contribution in [0.15, 0.2) is 33.9 Å². The Labute approximate surface area is 169 Å². The molecule has 0 unspecified atom stereocenters. The highest BCUT2D eigenvalue weighted by Gasteiger charge is 2.53. The maximum absolute atomic E-state index is 12.9. The molecule has 1 N–H and O–H groups in total. The van der Waals surface area contributed by atoms with E-state index in [1.165, 1.54) is 47.7 Å². The molecule has 1 aromatic heterocycles. The largest absolute Gasteiger partial charge is 0.352 e. The van der Waals surface area contributed by atoms with E-state index in [-0.39, 0.29) is 23.9 Å². The molecule has 0 aliphatic heterocycles. The number of fused-ring (bicyclic) bond motifs is 1. The first-order valence-electron chi connectivity index (χ1n) is 10.8. The van der Waals surface area contributed by atoms with Crippen LogP contribution in [0.2, 0.25) is 0 Å². The van der Waals surface area contributed by atoms with E-state index < -0.39 is 11.1 Å². The molecular formula is C23H29N3O3. The molecule has 1 amide bonds. The van der Waals surface area contributed by atoms with Crippen LogP contribution in [0.25, 0.3) is 11.0 Å². The number of benzene rings is 1. The molecule has 4 aliphatic carbocycles. The molecule has 6 nitrogen and oxygen atoms in total. The molecule has 2 aromatic rings. The third-order valence-corrected chi connectivity index (χ3v) is 7.95. The highest BCUT2D eigenvalue weighted by Crippen LogP contribution is 2.61. The summed E-state index contributed by atoms with van der Waals surface area (Å²) in [5.41, 5.74) is 0.218. The van der Waals surface area contributed by atoms with Crippen molar-refractivity contribution in [2.75, 3.05) is 0 Å². The lowest BCUT2D eigenvalue weighted by molar-refractivity contribution is -0.126. The maximum Gasteiger partial charge on any atom is 0.317 e. The van der Waals surface area contributed by atoms with Crippen molar-refractivity contribution in [2.24, 2.45) is 30.2 Å². The third-order valence-electron chi connectivity index (χ3n) is 7.95. The topological polar surface area (TPSA) is 73.1 Å². The van der Waals surface area contributed by atoms with E-state index in [1.54, 1.807) is 19.2 Å². The smallest absolute Gasteiger partial charge is 0.317 e. The van der Waals surface area contributed by atoms with Gasteiger partial charge in [0.2, 0.25) is 5.91 Å². The third kappa shape index (κ3) is 2.95. The molecule has 0 radical (unpaired) electrons. The van der Waals surface area contributed by atoms with E-state index in [2.05, 4.69) is 12.2 Å². The summed E-state index contributed by atoms with van der Waals surface area (Å²) in [7, 11) is 1.59. The second kappa shape index (κ2) is 6.57. The Balaban J connectivity index is 1.39. The average molecular weight is 396 g/mol. The van der Waals surface area contributed by atoms with Crippen LogP contribution >= 0.6 is 0 Å². The number of hydrogen-bond acceptors (Lipinski definition) is 3. The minimum Gasteiger partial charge on any atom is -0.352 e. The van der Waals surface area contributed by atoms with E-state index in [0.29, 0.717) is 11.0 Å². The zero-order chi connectivity index (χ0) is 20.3. The molecule has 4 bridgehead atoms. The Morgan fingerprint density at radius 3 is 2.17 bits per heavy atom. The summed E-state index contributed by atoms with van der Waals surface area (Å²) < 4.78 is 2.67. The molecule has 0 spiro atoms. The van der Waals surface area contributed by atoms with Crippen LogP contribution in [0.4, 0.5) is 0 Å². The van der Waals surface area contributed by atoms with Crippen molar-refractivity contribution in [3.05, 3.63) is 45.0 Å². The summed E-state index contributed by atoms with van der Waals surface area (Å²) in [5, 5.41) is 3.20. The van der Waals surface area contributed by atoms with Gasteiger partial charge in [0.1, 0.15) is 6.54 Å². The standard InChI is InChI=1S/C23H29N3O3/c1-14(23-10-15-7-16(11-23)9-17(8-15)12-23)24-20(27)13-26-19-6-4-3-5-18(19)25(2)21(28)22(26)29/h3-6,14-17H,7-13H2,1-2H3,(H,24,27)/t14-,15?,16?,17?,23?/m1/s1. The fraction of sp³-hybridized carbons (Fsp3) is 0.609. The fourth-order valence-corrected chi connectivity index (χ4v) is 6.90. The van der Waals surface area contributed by atoms with E-state index in [0.717, 1.165) is 17.8 Å². The molecule has 0 saturated heterocycles. The van der Waals surface area contributed by atoms with Gasteiger partial charge in [0.25, 0.3) is 0 Å². The van der Waals surface area contributed by atoms with Gasteiger partial charge >= 0.3 is 11.1 Å². The molecule has 29 heavy (non-hydrogen) atoms. The number of rotatable bonds is 4. The molecule has 1 aromatic carbocycles. The summed E-state index contributed by atoms with van der Waals surface area (Å²) >= 11 is 0. The number of nitrogens with zero attached hydrogens (tertiary/aromatic N) is 2. The van der Waals surface area contributed by atoms with Gasteiger partial charge in [-0.15, -0.1) is 0 Å². The monoisotopic (exact) mass is 395 g/mol. The van der Waals surface area contributed by atoms with E-state index in [1.807, 2.05) is 12.1 Å². The number of amides is 1. The number of aryl methyl sites for hydroxylation is 1. The van der Waals surface area contributed by atoms with E-state index in [9.17, 15) is 14.4 Å². The summed E-state index contributed by atoms with van der Waals surface area (Å²) in [4.78, 5) is 37.9. The molecule has 4 fully saturated rings. The number of carbonyl (C=O) groups excluding carboxylic acids is 1. The molecule has 6 rings (SSSR count). The molecule has 4 saturated carbocycles. The zero-order valence-corrected chi connectivity index (χ0v) is 17.2. The van der Waals surface area contributed by atoms with Crippen molar-refractivity contribution in [3.63, 3.8) is 0 Å². The van der Waals surface area contributed by atoms with Gasteiger partial charge < -0.3 is 9.88 Å². The Hall–Kier alpha value is -2.37. The van der Waals surface area contributed by atoms with Crippen LogP contribution in [-0.2, 0) is 18.4 Å². The van der Waals surface area contributed by atoms with Crippen molar-refractivity contribution in [1.29, 1.82) is 0 Å². The van der Waals surface area contributed by atoms with Gasteiger partial charge in [-0.05, 0) is 80.8 Å². The van der Waals surface area contributed by atoms with Crippen LogP contribution in [0, 0.1) is 23.2 Å². The highest BCUT2D eigenvalue weighted by atomic mass is 16.2. The van der Waals surface area contributed by atoms with Gasteiger partial charge in [0.05, 0.1) is 11.0 Å². The Morgan fingerprint density at radius 2 is 1.59 bits per heavy atom. The lowest BCUT2D eigenvalue weighted by Gasteiger charge is -2.59. The zero-order valence-electron chi connectivity index (χ0n) is 17.2. The molecule has 1 heterocycles. The number of nitrogens with one attached hydrogen (secondary N) is 1. The average Bonchev–Trinajstić information content (AvgIpc) is 2.68. The SMILES string of the molecule is C[C@@H](NC(=O)Cn1c(=O)c(=O)n(C)c2ccccc21)C12CC3CC(CC(C3)C1)C2. The van der Waals surface area contributed by atoms with Crippen LogP contribution < -0.4 is 16.4 Å². The fourth-order valence-electron chi connectivity index (χ4n) is 6.90.